The van der Waals surface area contributed by atoms with Gasteiger partial charge in [-0.3, -0.25) is 0 Å². The van der Waals surface area contributed by atoms with Gasteiger partial charge >= 0.3 is 0 Å². The minimum absolute atomic E-state index is 0.621. The van der Waals surface area contributed by atoms with Gasteiger partial charge in [-0.1, -0.05) is 6.92 Å². The first-order chi connectivity index (χ1) is 3.84. The molecule has 0 amide bonds. The maximum atomic E-state index is 5.22. The number of rotatable bonds is 1. The van der Waals surface area contributed by atoms with E-state index in [2.05, 4.69) is 12.7 Å². The van der Waals surface area contributed by atoms with Crippen LogP contribution < -0.4 is 5.73 Å². The Balaban J connectivity index is 2.46. The second-order valence-electron chi connectivity index (χ2n) is 2.21. The van der Waals surface area contributed by atoms with Gasteiger partial charge in [0.2, 0.25) is 0 Å². The van der Waals surface area contributed by atoms with Crippen LogP contribution in [0, 0.1) is 5.92 Å². The van der Waals surface area contributed by atoms with E-state index >= 15 is 0 Å². The molecule has 0 bridgehead atoms. The number of nitrogens with two attached hydrogens (primary N) is 1. The molecule has 0 aromatic heterocycles. The zero-order valence-electron chi connectivity index (χ0n) is 5.15. The van der Waals surface area contributed by atoms with E-state index in [1.165, 1.54) is 12.0 Å². The van der Waals surface area contributed by atoms with Crippen LogP contribution in [-0.2, 0) is 0 Å². The predicted octanol–water partition coefficient (Wildman–Crippen LogP) is 1.07. The van der Waals surface area contributed by atoms with Crippen molar-refractivity contribution in [2.75, 3.05) is 6.54 Å². The molecule has 1 aliphatic rings. The topological polar surface area (TPSA) is 26.0 Å². The second-order valence-corrected chi connectivity index (χ2v) is 2.21. The first kappa shape index (κ1) is 5.61. The molecule has 0 aromatic carbocycles. The Morgan fingerprint density at radius 2 is 2.62 bits per heavy atom. The lowest BCUT2D eigenvalue weighted by atomic mass is 10.4. The third-order valence-corrected chi connectivity index (χ3v) is 1.37. The average Bonchev–Trinajstić information content (AvgIpc) is 2.42. The van der Waals surface area contributed by atoms with E-state index in [9.17, 15) is 0 Å². The van der Waals surface area contributed by atoms with Crippen LogP contribution in [0.5, 0.6) is 0 Å². The Kier molecular flexibility index (Phi) is 1.52. The van der Waals surface area contributed by atoms with E-state index < -0.39 is 0 Å². The molecule has 1 saturated carbocycles. The maximum Gasteiger partial charge on any atom is 0.0182 e. The van der Waals surface area contributed by atoms with E-state index in [0.29, 0.717) is 6.54 Å². The van der Waals surface area contributed by atoms with Crippen molar-refractivity contribution < 1.29 is 0 Å². The molecule has 1 nitrogen and oxygen atoms in total. The van der Waals surface area contributed by atoms with Crippen LogP contribution in [0.2, 0.25) is 0 Å². The fraction of sp³-hybridized carbons (Fsp3) is 0.571. The lowest BCUT2D eigenvalue weighted by Crippen LogP contribution is -1.90. The van der Waals surface area contributed by atoms with Crippen molar-refractivity contribution in [2.24, 2.45) is 11.7 Å². The van der Waals surface area contributed by atoms with Gasteiger partial charge < -0.3 is 5.73 Å². The van der Waals surface area contributed by atoms with Crippen LogP contribution in [0.3, 0.4) is 0 Å². The van der Waals surface area contributed by atoms with E-state index in [4.69, 9.17) is 5.73 Å². The molecule has 0 heterocycles. The van der Waals surface area contributed by atoms with Gasteiger partial charge in [0.05, 0.1) is 0 Å². The van der Waals surface area contributed by atoms with Crippen molar-refractivity contribution in [2.45, 2.75) is 13.3 Å². The highest BCUT2D eigenvalue weighted by Crippen LogP contribution is 2.35. The molecule has 1 heteroatoms. The molecule has 0 radical (unpaired) electrons. The molecule has 1 aliphatic carbocycles. The third kappa shape index (κ3) is 1.22. The van der Waals surface area contributed by atoms with Crippen LogP contribution >= 0.6 is 0 Å². The molecule has 1 unspecified atom stereocenters. The number of hydrogen-bond acceptors (Lipinski definition) is 1. The van der Waals surface area contributed by atoms with Gasteiger partial charge in [0.15, 0.2) is 0 Å². The van der Waals surface area contributed by atoms with Crippen molar-refractivity contribution in [3.8, 4) is 0 Å². The van der Waals surface area contributed by atoms with Crippen LogP contribution in [0.4, 0.5) is 0 Å². The molecule has 0 saturated heterocycles. The monoisotopic (exact) mass is 109 g/mol. The Bertz CT molecular complexity index is 140. The predicted molar refractivity (Wildman–Crippen MR) is 34.4 cm³/mol. The molecular weight excluding hydrogens is 98.1 g/mol. The zero-order valence-corrected chi connectivity index (χ0v) is 5.15. The van der Waals surface area contributed by atoms with Crippen LogP contribution in [0.1, 0.15) is 13.3 Å². The van der Waals surface area contributed by atoms with Gasteiger partial charge in [-0.15, -0.1) is 5.73 Å². The third-order valence-electron chi connectivity index (χ3n) is 1.37. The van der Waals surface area contributed by atoms with Gasteiger partial charge in [0.25, 0.3) is 0 Å². The fourth-order valence-corrected chi connectivity index (χ4v) is 0.662. The summed E-state index contributed by atoms with van der Waals surface area (Å²) in [6.45, 7) is 2.82. The minimum Gasteiger partial charge on any atom is -0.326 e. The zero-order chi connectivity index (χ0) is 5.98. The highest BCUT2D eigenvalue weighted by Gasteiger charge is 2.22. The minimum atomic E-state index is 0.621. The molecule has 0 aliphatic heterocycles. The summed E-state index contributed by atoms with van der Waals surface area (Å²) in [6.07, 6.45) is 3.12. The maximum absolute atomic E-state index is 5.22. The fourth-order valence-electron chi connectivity index (χ4n) is 0.662. The van der Waals surface area contributed by atoms with E-state index in [0.717, 1.165) is 5.92 Å². The highest BCUT2D eigenvalue weighted by atomic mass is 14.5. The van der Waals surface area contributed by atoms with Gasteiger partial charge in [0.1, 0.15) is 0 Å². The Morgan fingerprint density at radius 3 is 3.00 bits per heavy atom. The molecule has 44 valence electrons. The first-order valence-corrected chi connectivity index (χ1v) is 2.98. The summed E-state index contributed by atoms with van der Waals surface area (Å²) in [5.41, 5.74) is 9.77. The Morgan fingerprint density at radius 1 is 2.00 bits per heavy atom. The summed E-state index contributed by atoms with van der Waals surface area (Å²) >= 11 is 0. The van der Waals surface area contributed by atoms with Crippen LogP contribution in [0.25, 0.3) is 0 Å². The van der Waals surface area contributed by atoms with Gasteiger partial charge in [-0.05, 0) is 24.0 Å². The summed E-state index contributed by atoms with van der Waals surface area (Å²) in [4.78, 5) is 0. The van der Waals surface area contributed by atoms with Crippen molar-refractivity contribution in [3.05, 3.63) is 17.4 Å². The van der Waals surface area contributed by atoms with Gasteiger partial charge in [-0.25, -0.2) is 0 Å². The Hall–Kier alpha value is -0.520. The first-order valence-electron chi connectivity index (χ1n) is 2.98. The molecule has 1 atom stereocenters. The summed E-state index contributed by atoms with van der Waals surface area (Å²) < 4.78 is 0. The van der Waals surface area contributed by atoms with E-state index in [1.54, 1.807) is 0 Å². The van der Waals surface area contributed by atoms with Crippen molar-refractivity contribution in [1.29, 1.82) is 0 Å². The van der Waals surface area contributed by atoms with E-state index in [-0.39, 0.29) is 0 Å². The van der Waals surface area contributed by atoms with Gasteiger partial charge in [0, 0.05) is 6.54 Å². The summed E-state index contributed by atoms with van der Waals surface area (Å²) in [5, 5.41) is 0. The molecule has 1 rings (SSSR count). The molecule has 0 spiro atoms. The van der Waals surface area contributed by atoms with Crippen molar-refractivity contribution >= 4 is 0 Å². The van der Waals surface area contributed by atoms with Crippen LogP contribution in [0.15, 0.2) is 17.4 Å². The SMILES string of the molecule is CC1CC1=C=CCN. The Labute approximate surface area is 49.9 Å². The highest BCUT2D eigenvalue weighted by molar-refractivity contribution is 5.20. The van der Waals surface area contributed by atoms with Crippen LogP contribution in [-0.4, -0.2) is 6.54 Å². The largest absolute Gasteiger partial charge is 0.326 e. The van der Waals surface area contributed by atoms with Crippen molar-refractivity contribution in [3.63, 3.8) is 0 Å². The summed E-state index contributed by atoms with van der Waals surface area (Å²) in [7, 11) is 0. The smallest absolute Gasteiger partial charge is 0.0182 e. The standard InChI is InChI=1S/C7H11N/c1-6-5-7(6)3-2-4-8/h2,6H,4-5,8H2,1H3. The molecule has 0 aromatic rings. The molecule has 2 N–H and O–H groups in total. The normalized spacial score (nSPS) is 24.8. The van der Waals surface area contributed by atoms with E-state index in [1.807, 2.05) is 6.08 Å². The number of hydrogen-bond donors (Lipinski definition) is 1. The second kappa shape index (κ2) is 2.17. The quantitative estimate of drug-likeness (QED) is 0.501. The summed E-state index contributed by atoms with van der Waals surface area (Å²) in [6, 6.07) is 0. The lowest BCUT2D eigenvalue weighted by Gasteiger charge is -1.68. The molecular formula is C7H11N. The van der Waals surface area contributed by atoms with Crippen molar-refractivity contribution in [1.82, 2.24) is 0 Å². The molecule has 1 fully saturated rings. The average molecular weight is 109 g/mol. The molecule has 8 heavy (non-hydrogen) atoms. The summed E-state index contributed by atoms with van der Waals surface area (Å²) in [5.74, 6) is 0.790. The van der Waals surface area contributed by atoms with Gasteiger partial charge in [-0.2, -0.15) is 0 Å². The lowest BCUT2D eigenvalue weighted by molar-refractivity contribution is 1.02.